The van der Waals surface area contributed by atoms with Gasteiger partial charge in [-0.05, 0) is 48.9 Å². The van der Waals surface area contributed by atoms with Gasteiger partial charge in [-0.25, -0.2) is 0 Å². The third kappa shape index (κ3) is 5.23. The first-order valence-electron chi connectivity index (χ1n) is 9.59. The normalized spacial score (nSPS) is 13.1. The summed E-state index contributed by atoms with van der Waals surface area (Å²) in [6.45, 7) is 2.72. The van der Waals surface area contributed by atoms with Gasteiger partial charge in [0.05, 0.1) is 5.25 Å². The van der Waals surface area contributed by atoms with Gasteiger partial charge in [-0.2, -0.15) is 0 Å². The van der Waals surface area contributed by atoms with E-state index in [1.54, 1.807) is 24.3 Å². The van der Waals surface area contributed by atoms with E-state index in [0.29, 0.717) is 34.0 Å². The molecule has 3 aromatic rings. The Balaban J connectivity index is 1.29. The van der Waals surface area contributed by atoms with Crippen molar-refractivity contribution < 1.29 is 19.0 Å². The van der Waals surface area contributed by atoms with Crippen molar-refractivity contribution in [1.29, 1.82) is 0 Å². The molecule has 1 atom stereocenters. The minimum Gasteiger partial charge on any atom is -0.486 e. The molecule has 1 N–H and O–H groups in total. The van der Waals surface area contributed by atoms with Gasteiger partial charge in [-0.15, -0.1) is 10.2 Å². The number of benzene rings is 2. The molecule has 1 amide bonds. The summed E-state index contributed by atoms with van der Waals surface area (Å²) >= 11 is 7.22. The molecule has 1 aliphatic rings. The number of thioether (sulfide) groups is 1. The second kappa shape index (κ2) is 9.49. The average molecular weight is 461 g/mol. The molecule has 4 rings (SSSR count). The topological polar surface area (TPSA) is 87.5 Å². The molecule has 0 radical (unpaired) electrons. The van der Waals surface area contributed by atoms with Crippen molar-refractivity contribution in [3.8, 4) is 17.2 Å². The predicted octanol–water partition coefficient (Wildman–Crippen LogP) is 3.57. The molecule has 0 saturated heterocycles. The molecule has 0 bridgehead atoms. The second-order valence-corrected chi connectivity index (χ2v) is 8.61. The molecule has 1 aromatic heterocycles. The SMILES string of the molecule is CC(Sc1nnc(COc2ccc(Cl)cc2)n1C)C(=O)NCc1ccc2c(c1)OCO2. The summed E-state index contributed by atoms with van der Waals surface area (Å²) in [4.78, 5) is 12.5. The summed E-state index contributed by atoms with van der Waals surface area (Å²) in [5.74, 6) is 2.67. The molecular weight excluding hydrogens is 440 g/mol. The van der Waals surface area contributed by atoms with Gasteiger partial charge in [0.2, 0.25) is 12.7 Å². The number of carbonyl (C=O) groups is 1. The van der Waals surface area contributed by atoms with E-state index < -0.39 is 0 Å². The zero-order valence-electron chi connectivity index (χ0n) is 17.0. The van der Waals surface area contributed by atoms with Crippen LogP contribution in [0.5, 0.6) is 17.2 Å². The van der Waals surface area contributed by atoms with Crippen molar-refractivity contribution in [3.05, 3.63) is 58.9 Å². The van der Waals surface area contributed by atoms with E-state index in [-0.39, 0.29) is 24.6 Å². The predicted molar refractivity (Wildman–Crippen MR) is 117 cm³/mol. The molecule has 31 heavy (non-hydrogen) atoms. The summed E-state index contributed by atoms with van der Waals surface area (Å²) in [6, 6.07) is 12.7. The van der Waals surface area contributed by atoms with Crippen LogP contribution in [0.1, 0.15) is 18.3 Å². The van der Waals surface area contributed by atoms with Crippen LogP contribution < -0.4 is 19.5 Å². The van der Waals surface area contributed by atoms with Gasteiger partial charge in [0, 0.05) is 18.6 Å². The van der Waals surface area contributed by atoms with E-state index in [9.17, 15) is 4.79 Å². The van der Waals surface area contributed by atoms with E-state index in [1.165, 1.54) is 11.8 Å². The zero-order chi connectivity index (χ0) is 21.8. The molecule has 8 nitrogen and oxygen atoms in total. The highest BCUT2D eigenvalue weighted by Gasteiger charge is 2.19. The molecule has 2 aromatic carbocycles. The van der Waals surface area contributed by atoms with E-state index in [0.717, 1.165) is 11.3 Å². The molecule has 0 fully saturated rings. The van der Waals surface area contributed by atoms with Crippen molar-refractivity contribution in [3.63, 3.8) is 0 Å². The van der Waals surface area contributed by atoms with Crippen molar-refractivity contribution in [2.24, 2.45) is 7.05 Å². The largest absolute Gasteiger partial charge is 0.486 e. The summed E-state index contributed by atoms with van der Waals surface area (Å²) in [7, 11) is 1.85. The molecule has 0 saturated carbocycles. The van der Waals surface area contributed by atoms with Crippen molar-refractivity contribution in [1.82, 2.24) is 20.1 Å². The van der Waals surface area contributed by atoms with E-state index in [1.807, 2.05) is 36.7 Å². The molecule has 1 aliphatic heterocycles. The number of hydrogen-bond acceptors (Lipinski definition) is 7. The standard InChI is InChI=1S/C21H21ClN4O4S/c1-13(20(27)23-10-14-3-8-17-18(9-14)30-12-29-17)31-21-25-24-19(26(21)2)11-28-16-6-4-15(22)5-7-16/h3-9,13H,10-12H2,1-2H3,(H,23,27). The van der Waals surface area contributed by atoms with Gasteiger partial charge in [-0.3, -0.25) is 4.79 Å². The smallest absolute Gasteiger partial charge is 0.233 e. The quantitative estimate of drug-likeness (QED) is 0.514. The van der Waals surface area contributed by atoms with Gasteiger partial charge < -0.3 is 24.1 Å². The highest BCUT2D eigenvalue weighted by Crippen LogP contribution is 2.32. The molecule has 10 heteroatoms. The number of nitrogens with one attached hydrogen (secondary N) is 1. The molecular formula is C21H21ClN4O4S. The third-order valence-corrected chi connectivity index (χ3v) is 6.05. The number of ether oxygens (including phenoxy) is 3. The minimum atomic E-state index is -0.345. The van der Waals surface area contributed by atoms with Crippen LogP contribution in [0.2, 0.25) is 5.02 Å². The summed E-state index contributed by atoms with van der Waals surface area (Å²) in [6.07, 6.45) is 0. The Morgan fingerprint density at radius 3 is 2.81 bits per heavy atom. The first-order valence-corrected chi connectivity index (χ1v) is 10.8. The Bertz CT molecular complexity index is 1070. The second-order valence-electron chi connectivity index (χ2n) is 6.87. The Morgan fingerprint density at radius 2 is 2.00 bits per heavy atom. The van der Waals surface area contributed by atoms with Crippen LogP contribution in [0, 0.1) is 0 Å². The van der Waals surface area contributed by atoms with Crippen molar-refractivity contribution in [2.45, 2.75) is 30.5 Å². The highest BCUT2D eigenvalue weighted by molar-refractivity contribution is 8.00. The lowest BCUT2D eigenvalue weighted by atomic mass is 10.2. The molecule has 2 heterocycles. The van der Waals surface area contributed by atoms with Gasteiger partial charge in [0.25, 0.3) is 0 Å². The number of rotatable bonds is 8. The van der Waals surface area contributed by atoms with E-state index >= 15 is 0 Å². The first kappa shape index (κ1) is 21.3. The van der Waals surface area contributed by atoms with E-state index in [4.69, 9.17) is 25.8 Å². The summed E-state index contributed by atoms with van der Waals surface area (Å²) in [5.41, 5.74) is 0.940. The van der Waals surface area contributed by atoms with Crippen LogP contribution in [0.15, 0.2) is 47.6 Å². The number of aromatic nitrogens is 3. The fourth-order valence-corrected chi connectivity index (χ4v) is 3.83. The minimum absolute atomic E-state index is 0.0929. The molecule has 0 spiro atoms. The van der Waals surface area contributed by atoms with Gasteiger partial charge >= 0.3 is 0 Å². The average Bonchev–Trinajstić information content (AvgIpc) is 3.38. The van der Waals surface area contributed by atoms with E-state index in [2.05, 4.69) is 15.5 Å². The fraction of sp³-hybridized carbons (Fsp3) is 0.286. The van der Waals surface area contributed by atoms with Gasteiger partial charge in [-0.1, -0.05) is 29.4 Å². The maximum Gasteiger partial charge on any atom is 0.233 e. The Hall–Kier alpha value is -2.91. The monoisotopic (exact) mass is 460 g/mol. The van der Waals surface area contributed by atoms with Crippen LogP contribution in [-0.4, -0.2) is 32.7 Å². The van der Waals surface area contributed by atoms with Crippen LogP contribution in [0.4, 0.5) is 0 Å². The molecule has 162 valence electrons. The Labute approximate surface area is 188 Å². The maximum atomic E-state index is 12.5. The molecule has 1 unspecified atom stereocenters. The number of nitrogens with zero attached hydrogens (tertiary/aromatic N) is 3. The molecule has 0 aliphatic carbocycles. The number of amides is 1. The van der Waals surface area contributed by atoms with Gasteiger partial charge in [0.15, 0.2) is 22.5 Å². The van der Waals surface area contributed by atoms with Crippen molar-refractivity contribution >= 4 is 29.3 Å². The van der Waals surface area contributed by atoms with Crippen LogP contribution >= 0.6 is 23.4 Å². The zero-order valence-corrected chi connectivity index (χ0v) is 18.6. The summed E-state index contributed by atoms with van der Waals surface area (Å²) < 4.78 is 18.2. The highest BCUT2D eigenvalue weighted by atomic mass is 35.5. The van der Waals surface area contributed by atoms with Gasteiger partial charge in [0.1, 0.15) is 12.4 Å². The number of halogens is 1. The number of carbonyl (C=O) groups excluding carboxylic acids is 1. The Kier molecular flexibility index (Phi) is 6.53. The summed E-state index contributed by atoms with van der Waals surface area (Å²) in [5, 5.41) is 12.2. The fourth-order valence-electron chi connectivity index (χ4n) is 2.85. The lowest BCUT2D eigenvalue weighted by Gasteiger charge is -2.12. The number of fused-ring (bicyclic) bond motifs is 1. The van der Waals surface area contributed by atoms with Crippen LogP contribution in [-0.2, 0) is 25.0 Å². The van der Waals surface area contributed by atoms with Crippen LogP contribution in [0.3, 0.4) is 0 Å². The van der Waals surface area contributed by atoms with Crippen molar-refractivity contribution in [2.75, 3.05) is 6.79 Å². The lowest BCUT2D eigenvalue weighted by Crippen LogP contribution is -2.30. The number of hydrogen-bond donors (Lipinski definition) is 1. The Morgan fingerprint density at radius 1 is 1.23 bits per heavy atom. The van der Waals surface area contributed by atoms with Crippen LogP contribution in [0.25, 0.3) is 0 Å². The lowest BCUT2D eigenvalue weighted by molar-refractivity contribution is -0.120. The first-order chi connectivity index (χ1) is 15.0. The third-order valence-electron chi connectivity index (χ3n) is 4.66. The maximum absolute atomic E-state index is 12.5.